The summed E-state index contributed by atoms with van der Waals surface area (Å²) in [5.74, 6) is 0. The van der Waals surface area contributed by atoms with Gasteiger partial charge in [0.25, 0.3) is 0 Å². The Labute approximate surface area is 98.9 Å². The molecule has 94 valence electrons. The van der Waals surface area contributed by atoms with E-state index in [0.29, 0.717) is 12.1 Å². The van der Waals surface area contributed by atoms with Crippen LogP contribution in [0.3, 0.4) is 0 Å². The Kier molecular flexibility index (Phi) is 4.58. The molecule has 2 rings (SSSR count). The molecule has 4 heteroatoms. The number of ether oxygens (including phenoxy) is 1. The number of nitrogens with zero attached hydrogens (tertiary/aromatic N) is 2. The molecule has 2 unspecified atom stereocenters. The van der Waals surface area contributed by atoms with Gasteiger partial charge in [-0.25, -0.2) is 0 Å². The first-order chi connectivity index (χ1) is 7.81. The maximum absolute atomic E-state index is 5.83. The van der Waals surface area contributed by atoms with E-state index in [2.05, 4.69) is 29.0 Å². The van der Waals surface area contributed by atoms with Crippen LogP contribution in [0.2, 0.25) is 0 Å². The van der Waals surface area contributed by atoms with Crippen molar-refractivity contribution in [2.75, 3.05) is 52.4 Å². The fourth-order valence-electron chi connectivity index (χ4n) is 2.62. The minimum Gasteiger partial charge on any atom is -0.374 e. The van der Waals surface area contributed by atoms with Crippen LogP contribution in [0.25, 0.3) is 0 Å². The summed E-state index contributed by atoms with van der Waals surface area (Å²) in [6.45, 7) is 13.4. The lowest BCUT2D eigenvalue weighted by Gasteiger charge is -2.41. The zero-order valence-corrected chi connectivity index (χ0v) is 10.6. The summed E-state index contributed by atoms with van der Waals surface area (Å²) in [6, 6.07) is 0.548. The van der Waals surface area contributed by atoms with Crippen LogP contribution >= 0.6 is 0 Å². The fraction of sp³-hybridized carbons (Fsp3) is 1.00. The van der Waals surface area contributed by atoms with E-state index in [0.717, 1.165) is 19.7 Å². The van der Waals surface area contributed by atoms with Gasteiger partial charge in [-0.2, -0.15) is 0 Å². The molecule has 2 saturated heterocycles. The first-order valence-electron chi connectivity index (χ1n) is 6.60. The van der Waals surface area contributed by atoms with E-state index in [-0.39, 0.29) is 0 Å². The van der Waals surface area contributed by atoms with Gasteiger partial charge in [-0.05, 0) is 13.5 Å². The fourth-order valence-corrected chi connectivity index (χ4v) is 2.62. The molecule has 0 aliphatic carbocycles. The lowest BCUT2D eigenvalue weighted by Crippen LogP contribution is -2.56. The molecule has 0 aromatic heterocycles. The molecular formula is C12H25N3O. The molecule has 2 aliphatic rings. The molecule has 2 aliphatic heterocycles. The van der Waals surface area contributed by atoms with Crippen LogP contribution < -0.4 is 5.32 Å². The van der Waals surface area contributed by atoms with E-state index in [4.69, 9.17) is 4.74 Å². The predicted molar refractivity (Wildman–Crippen MR) is 65.8 cm³/mol. The van der Waals surface area contributed by atoms with Gasteiger partial charge < -0.3 is 15.0 Å². The number of nitrogens with one attached hydrogen (secondary N) is 1. The molecule has 1 N–H and O–H groups in total. The summed E-state index contributed by atoms with van der Waals surface area (Å²) in [7, 11) is 0. The van der Waals surface area contributed by atoms with Crippen molar-refractivity contribution >= 4 is 0 Å². The molecule has 0 saturated carbocycles. The van der Waals surface area contributed by atoms with Crippen LogP contribution in [-0.4, -0.2) is 74.4 Å². The quantitative estimate of drug-likeness (QED) is 0.734. The predicted octanol–water partition coefficient (Wildman–Crippen LogP) is 0.000800. The average Bonchev–Trinajstić information content (AvgIpc) is 2.39. The molecule has 0 radical (unpaired) electrons. The molecule has 0 aromatic rings. The Hall–Kier alpha value is -0.160. The Morgan fingerprint density at radius 2 is 2.06 bits per heavy atom. The topological polar surface area (TPSA) is 27.7 Å². The average molecular weight is 227 g/mol. The standard InChI is InChI=1S/C12H25N3O/c1-3-14-5-7-15(8-6-14)11(2)12-10-13-4-9-16-12/h11-13H,3-10H2,1-2H3. The van der Waals surface area contributed by atoms with Gasteiger partial charge >= 0.3 is 0 Å². The molecule has 0 spiro atoms. The van der Waals surface area contributed by atoms with Crippen molar-refractivity contribution in [3.63, 3.8) is 0 Å². The molecule has 4 nitrogen and oxygen atoms in total. The maximum Gasteiger partial charge on any atom is 0.0852 e. The van der Waals surface area contributed by atoms with E-state index in [1.807, 2.05) is 0 Å². The van der Waals surface area contributed by atoms with Crippen LogP contribution in [0.1, 0.15) is 13.8 Å². The number of hydrogen-bond acceptors (Lipinski definition) is 4. The van der Waals surface area contributed by atoms with Crippen molar-refractivity contribution in [3.05, 3.63) is 0 Å². The molecule has 0 bridgehead atoms. The minimum absolute atomic E-state index is 0.377. The third kappa shape index (κ3) is 2.94. The van der Waals surface area contributed by atoms with Crippen molar-refractivity contribution in [3.8, 4) is 0 Å². The number of piperazine rings is 1. The van der Waals surface area contributed by atoms with E-state index in [1.54, 1.807) is 0 Å². The maximum atomic E-state index is 5.83. The Bertz CT molecular complexity index is 198. The van der Waals surface area contributed by atoms with Gasteiger partial charge in [0, 0.05) is 45.3 Å². The van der Waals surface area contributed by atoms with Gasteiger partial charge in [0.2, 0.25) is 0 Å². The second-order valence-corrected chi connectivity index (χ2v) is 4.82. The highest BCUT2D eigenvalue weighted by Gasteiger charge is 2.27. The van der Waals surface area contributed by atoms with Crippen LogP contribution in [0.4, 0.5) is 0 Å². The highest BCUT2D eigenvalue weighted by atomic mass is 16.5. The molecule has 0 amide bonds. The highest BCUT2D eigenvalue weighted by molar-refractivity contribution is 4.83. The second kappa shape index (κ2) is 5.96. The Balaban J connectivity index is 1.78. The van der Waals surface area contributed by atoms with Crippen molar-refractivity contribution in [1.29, 1.82) is 0 Å². The second-order valence-electron chi connectivity index (χ2n) is 4.82. The first-order valence-corrected chi connectivity index (χ1v) is 6.60. The highest BCUT2D eigenvalue weighted by Crippen LogP contribution is 2.12. The van der Waals surface area contributed by atoms with Gasteiger partial charge in [0.1, 0.15) is 0 Å². The Morgan fingerprint density at radius 3 is 2.62 bits per heavy atom. The third-order valence-electron chi connectivity index (χ3n) is 3.92. The normalized spacial score (nSPS) is 31.5. The van der Waals surface area contributed by atoms with Crippen molar-refractivity contribution < 1.29 is 4.74 Å². The lowest BCUT2D eigenvalue weighted by atomic mass is 10.1. The summed E-state index contributed by atoms with van der Waals surface area (Å²) >= 11 is 0. The van der Waals surface area contributed by atoms with Crippen LogP contribution in [0, 0.1) is 0 Å². The van der Waals surface area contributed by atoms with Crippen molar-refractivity contribution in [2.24, 2.45) is 0 Å². The zero-order valence-electron chi connectivity index (χ0n) is 10.6. The molecule has 2 atom stereocenters. The number of hydrogen-bond donors (Lipinski definition) is 1. The zero-order chi connectivity index (χ0) is 11.4. The van der Waals surface area contributed by atoms with Gasteiger partial charge in [-0.1, -0.05) is 6.92 Å². The Morgan fingerprint density at radius 1 is 1.31 bits per heavy atom. The minimum atomic E-state index is 0.377. The number of morpholine rings is 1. The summed E-state index contributed by atoms with van der Waals surface area (Å²) in [5.41, 5.74) is 0. The van der Waals surface area contributed by atoms with Gasteiger partial charge in [0.15, 0.2) is 0 Å². The van der Waals surface area contributed by atoms with E-state index >= 15 is 0 Å². The van der Waals surface area contributed by atoms with Crippen LogP contribution in [-0.2, 0) is 4.74 Å². The van der Waals surface area contributed by atoms with Gasteiger partial charge in [0.05, 0.1) is 12.7 Å². The van der Waals surface area contributed by atoms with Crippen LogP contribution in [0.5, 0.6) is 0 Å². The smallest absolute Gasteiger partial charge is 0.0852 e. The largest absolute Gasteiger partial charge is 0.374 e. The first kappa shape index (κ1) is 12.3. The molecule has 16 heavy (non-hydrogen) atoms. The summed E-state index contributed by atoms with van der Waals surface area (Å²) in [4.78, 5) is 5.09. The SMILES string of the molecule is CCN1CCN(C(C)C2CNCCO2)CC1. The summed E-state index contributed by atoms with van der Waals surface area (Å²) in [6.07, 6.45) is 0.377. The van der Waals surface area contributed by atoms with Gasteiger partial charge in [-0.15, -0.1) is 0 Å². The number of rotatable bonds is 3. The number of likely N-dealkylation sites (N-methyl/N-ethyl adjacent to an activating group) is 1. The molecule has 0 aromatic carbocycles. The van der Waals surface area contributed by atoms with E-state index < -0.39 is 0 Å². The monoisotopic (exact) mass is 227 g/mol. The van der Waals surface area contributed by atoms with Gasteiger partial charge in [-0.3, -0.25) is 4.90 Å². The third-order valence-corrected chi connectivity index (χ3v) is 3.92. The molecule has 2 fully saturated rings. The molecular weight excluding hydrogens is 202 g/mol. The van der Waals surface area contributed by atoms with Crippen LogP contribution in [0.15, 0.2) is 0 Å². The van der Waals surface area contributed by atoms with E-state index in [1.165, 1.54) is 32.7 Å². The summed E-state index contributed by atoms with van der Waals surface area (Å²) < 4.78 is 5.83. The molecule has 2 heterocycles. The summed E-state index contributed by atoms with van der Waals surface area (Å²) in [5, 5.41) is 3.41. The van der Waals surface area contributed by atoms with E-state index in [9.17, 15) is 0 Å². The van der Waals surface area contributed by atoms with Crippen molar-refractivity contribution in [1.82, 2.24) is 15.1 Å². The van der Waals surface area contributed by atoms with Crippen molar-refractivity contribution in [2.45, 2.75) is 26.0 Å². The lowest BCUT2D eigenvalue weighted by molar-refractivity contribution is -0.0365.